The molecule has 3 N–H and O–H groups in total. The first-order valence-electron chi connectivity index (χ1n) is 7.25. The van der Waals surface area contributed by atoms with Crippen molar-refractivity contribution in [1.82, 2.24) is 5.32 Å². The number of nitrogen functional groups attached to an aromatic ring is 1. The van der Waals surface area contributed by atoms with Crippen LogP contribution in [0.25, 0.3) is 0 Å². The highest BCUT2D eigenvalue weighted by Gasteiger charge is 2.13. The molecule has 0 saturated carbocycles. The van der Waals surface area contributed by atoms with Crippen LogP contribution in [0.3, 0.4) is 0 Å². The summed E-state index contributed by atoms with van der Waals surface area (Å²) in [5.74, 6) is -0.0127. The van der Waals surface area contributed by atoms with Crippen molar-refractivity contribution in [3.05, 3.63) is 29.3 Å². The van der Waals surface area contributed by atoms with Gasteiger partial charge in [0.15, 0.2) is 0 Å². The van der Waals surface area contributed by atoms with Crippen molar-refractivity contribution in [2.45, 2.75) is 58.9 Å². The molecule has 1 unspecified atom stereocenters. The summed E-state index contributed by atoms with van der Waals surface area (Å²) in [6.45, 7) is 6.26. The molecule has 1 aromatic rings. The van der Waals surface area contributed by atoms with E-state index >= 15 is 0 Å². The maximum Gasteiger partial charge on any atom is 0.251 e. The van der Waals surface area contributed by atoms with Crippen molar-refractivity contribution in [3.8, 4) is 0 Å². The molecule has 0 aliphatic heterocycles. The summed E-state index contributed by atoms with van der Waals surface area (Å²) in [5.41, 5.74) is 8.18. The van der Waals surface area contributed by atoms with Gasteiger partial charge in [0.2, 0.25) is 0 Å². The van der Waals surface area contributed by atoms with Crippen LogP contribution in [0, 0.1) is 6.92 Å². The topological polar surface area (TPSA) is 55.1 Å². The first-order valence-corrected chi connectivity index (χ1v) is 7.25. The molecule has 1 amide bonds. The predicted molar refractivity (Wildman–Crippen MR) is 81.3 cm³/mol. The quantitative estimate of drug-likeness (QED) is 0.737. The zero-order valence-electron chi connectivity index (χ0n) is 12.3. The lowest BCUT2D eigenvalue weighted by Crippen LogP contribution is -2.34. The number of unbranched alkanes of at least 4 members (excludes halogenated alkanes) is 1. The van der Waals surface area contributed by atoms with Crippen LogP contribution in [-0.2, 0) is 0 Å². The van der Waals surface area contributed by atoms with Crippen LogP contribution in [0.1, 0.15) is 61.9 Å². The molecule has 0 spiro atoms. The van der Waals surface area contributed by atoms with E-state index in [0.29, 0.717) is 11.3 Å². The van der Waals surface area contributed by atoms with E-state index in [0.717, 1.165) is 37.7 Å². The highest BCUT2D eigenvalue weighted by molar-refractivity contribution is 5.95. The van der Waals surface area contributed by atoms with Gasteiger partial charge >= 0.3 is 0 Å². The molecule has 19 heavy (non-hydrogen) atoms. The zero-order chi connectivity index (χ0) is 14.3. The Bertz CT molecular complexity index is 415. The Kier molecular flexibility index (Phi) is 6.40. The van der Waals surface area contributed by atoms with Crippen molar-refractivity contribution >= 4 is 11.6 Å². The van der Waals surface area contributed by atoms with Gasteiger partial charge in [0, 0.05) is 17.3 Å². The van der Waals surface area contributed by atoms with Crippen LogP contribution < -0.4 is 11.1 Å². The summed E-state index contributed by atoms with van der Waals surface area (Å²) >= 11 is 0. The largest absolute Gasteiger partial charge is 0.398 e. The Morgan fingerprint density at radius 1 is 1.26 bits per heavy atom. The first-order chi connectivity index (χ1) is 9.08. The number of amides is 1. The fourth-order valence-corrected chi connectivity index (χ4v) is 2.14. The number of carbonyl (C=O) groups excluding carboxylic acids is 1. The predicted octanol–water partition coefficient (Wildman–Crippen LogP) is 3.67. The average molecular weight is 262 g/mol. The summed E-state index contributed by atoms with van der Waals surface area (Å²) in [4.78, 5) is 12.2. The molecule has 0 saturated heterocycles. The maximum absolute atomic E-state index is 12.2. The van der Waals surface area contributed by atoms with Gasteiger partial charge in [-0.15, -0.1) is 0 Å². The molecule has 106 valence electrons. The van der Waals surface area contributed by atoms with Gasteiger partial charge < -0.3 is 11.1 Å². The minimum atomic E-state index is -0.0127. The van der Waals surface area contributed by atoms with E-state index < -0.39 is 0 Å². The highest BCUT2D eigenvalue weighted by atomic mass is 16.1. The van der Waals surface area contributed by atoms with Crippen LogP contribution in [0.15, 0.2) is 18.2 Å². The van der Waals surface area contributed by atoms with Crippen LogP contribution in [0.2, 0.25) is 0 Å². The number of anilines is 1. The lowest BCUT2D eigenvalue weighted by molar-refractivity contribution is 0.0932. The van der Waals surface area contributed by atoms with E-state index in [1.165, 1.54) is 0 Å². The third-order valence-corrected chi connectivity index (χ3v) is 3.42. The van der Waals surface area contributed by atoms with Crippen molar-refractivity contribution < 1.29 is 4.79 Å². The standard InChI is InChI=1S/C16H26N2O/c1-4-6-8-14(7-5-2)18-16(19)13-10-9-12(3)15(17)11-13/h9-11,14H,4-8,17H2,1-3H3,(H,18,19). The van der Waals surface area contributed by atoms with E-state index in [1.807, 2.05) is 19.1 Å². The third-order valence-electron chi connectivity index (χ3n) is 3.42. The Hall–Kier alpha value is -1.51. The molecule has 0 radical (unpaired) electrons. The second kappa shape index (κ2) is 7.82. The number of hydrogen-bond donors (Lipinski definition) is 2. The summed E-state index contributed by atoms with van der Waals surface area (Å²) in [5, 5.41) is 3.12. The van der Waals surface area contributed by atoms with E-state index in [2.05, 4.69) is 19.2 Å². The highest BCUT2D eigenvalue weighted by Crippen LogP contribution is 2.14. The fourth-order valence-electron chi connectivity index (χ4n) is 2.14. The summed E-state index contributed by atoms with van der Waals surface area (Å²) < 4.78 is 0. The number of nitrogens with two attached hydrogens (primary N) is 1. The molecule has 3 heteroatoms. The molecule has 1 rings (SSSR count). The SMILES string of the molecule is CCCCC(CCC)NC(=O)c1ccc(C)c(N)c1. The lowest BCUT2D eigenvalue weighted by atomic mass is 10.0. The van der Waals surface area contributed by atoms with E-state index in [-0.39, 0.29) is 11.9 Å². The Morgan fingerprint density at radius 2 is 2.00 bits per heavy atom. The van der Waals surface area contributed by atoms with Crippen molar-refractivity contribution in [3.63, 3.8) is 0 Å². The Morgan fingerprint density at radius 3 is 2.58 bits per heavy atom. The van der Waals surface area contributed by atoms with Gasteiger partial charge in [0.25, 0.3) is 5.91 Å². The van der Waals surface area contributed by atoms with Crippen LogP contribution >= 0.6 is 0 Å². The molecule has 1 aromatic carbocycles. The van der Waals surface area contributed by atoms with Gasteiger partial charge in [-0.3, -0.25) is 4.79 Å². The molecule has 1 atom stereocenters. The van der Waals surface area contributed by atoms with E-state index in [4.69, 9.17) is 5.73 Å². The number of carbonyl (C=O) groups is 1. The van der Waals surface area contributed by atoms with E-state index in [9.17, 15) is 4.79 Å². The fraction of sp³-hybridized carbons (Fsp3) is 0.562. The zero-order valence-corrected chi connectivity index (χ0v) is 12.3. The normalized spacial score (nSPS) is 12.2. The second-order valence-corrected chi connectivity index (χ2v) is 5.17. The Balaban J connectivity index is 2.66. The third kappa shape index (κ3) is 4.93. The molecule has 0 aliphatic carbocycles. The van der Waals surface area contributed by atoms with Crippen molar-refractivity contribution in [2.24, 2.45) is 0 Å². The van der Waals surface area contributed by atoms with Gasteiger partial charge in [-0.05, 0) is 37.5 Å². The molecule has 0 heterocycles. The molecule has 3 nitrogen and oxygen atoms in total. The smallest absolute Gasteiger partial charge is 0.251 e. The minimum absolute atomic E-state index is 0.0127. The number of nitrogens with one attached hydrogen (secondary N) is 1. The molecule has 0 aromatic heterocycles. The minimum Gasteiger partial charge on any atom is -0.398 e. The molecule has 0 aliphatic rings. The molecule has 0 fully saturated rings. The number of hydrogen-bond acceptors (Lipinski definition) is 2. The Labute approximate surface area is 116 Å². The summed E-state index contributed by atoms with van der Waals surface area (Å²) in [7, 11) is 0. The molecular weight excluding hydrogens is 236 g/mol. The van der Waals surface area contributed by atoms with Gasteiger partial charge in [-0.2, -0.15) is 0 Å². The summed E-state index contributed by atoms with van der Waals surface area (Å²) in [6, 6.07) is 5.77. The second-order valence-electron chi connectivity index (χ2n) is 5.17. The van der Waals surface area contributed by atoms with Gasteiger partial charge in [-0.1, -0.05) is 39.2 Å². The van der Waals surface area contributed by atoms with Crippen molar-refractivity contribution in [1.29, 1.82) is 0 Å². The summed E-state index contributed by atoms with van der Waals surface area (Å²) in [6.07, 6.45) is 5.49. The van der Waals surface area contributed by atoms with Gasteiger partial charge in [0.1, 0.15) is 0 Å². The molecular formula is C16H26N2O. The van der Waals surface area contributed by atoms with Gasteiger partial charge in [0.05, 0.1) is 0 Å². The number of rotatable bonds is 7. The monoisotopic (exact) mass is 262 g/mol. The lowest BCUT2D eigenvalue weighted by Gasteiger charge is -2.18. The van der Waals surface area contributed by atoms with Crippen LogP contribution in [-0.4, -0.2) is 11.9 Å². The van der Waals surface area contributed by atoms with Gasteiger partial charge in [-0.25, -0.2) is 0 Å². The average Bonchev–Trinajstić information content (AvgIpc) is 2.39. The molecule has 0 bridgehead atoms. The number of aryl methyl sites for hydroxylation is 1. The van der Waals surface area contributed by atoms with E-state index in [1.54, 1.807) is 6.07 Å². The first kappa shape index (κ1) is 15.5. The van der Waals surface area contributed by atoms with Crippen LogP contribution in [0.4, 0.5) is 5.69 Å². The number of benzene rings is 1. The van der Waals surface area contributed by atoms with Crippen molar-refractivity contribution in [2.75, 3.05) is 5.73 Å². The maximum atomic E-state index is 12.2. The van der Waals surface area contributed by atoms with Crippen LogP contribution in [0.5, 0.6) is 0 Å².